The highest BCUT2D eigenvalue weighted by Crippen LogP contribution is 2.30. The second-order valence-electron chi connectivity index (χ2n) is 7.67. The number of carboxylic acids is 1. The highest BCUT2D eigenvalue weighted by Gasteiger charge is 2.16. The maximum atomic E-state index is 12.4. The molecule has 0 radical (unpaired) electrons. The van der Waals surface area contributed by atoms with E-state index in [2.05, 4.69) is 17.4 Å². The molecule has 0 spiro atoms. The number of aliphatic carboxylic acids is 1. The Hall–Kier alpha value is -3.28. The lowest BCUT2D eigenvalue weighted by atomic mass is 10.0. The Morgan fingerprint density at radius 1 is 1.10 bits per heavy atom. The molecule has 0 saturated carbocycles. The van der Waals surface area contributed by atoms with Gasteiger partial charge in [-0.05, 0) is 66.6 Å². The minimum absolute atomic E-state index is 0.0489. The number of furan rings is 1. The van der Waals surface area contributed by atoms with Crippen LogP contribution in [0.5, 0.6) is 5.75 Å². The highest BCUT2D eigenvalue weighted by atomic mass is 16.5. The lowest BCUT2D eigenvalue weighted by Crippen LogP contribution is -2.24. The Kier molecular flexibility index (Phi) is 6.02. The highest BCUT2D eigenvalue weighted by molar-refractivity contribution is 5.88. The Labute approximate surface area is 174 Å². The first-order chi connectivity index (χ1) is 14.6. The van der Waals surface area contributed by atoms with Gasteiger partial charge in [-0.3, -0.25) is 9.59 Å². The maximum absolute atomic E-state index is 12.4. The molecule has 4 rings (SSSR count). The fraction of sp³-hybridized carbons (Fsp3) is 0.333. The smallest absolute Gasteiger partial charge is 0.303 e. The van der Waals surface area contributed by atoms with Crippen LogP contribution in [-0.2, 0) is 35.4 Å². The van der Waals surface area contributed by atoms with Gasteiger partial charge in [0.25, 0.3) is 0 Å². The van der Waals surface area contributed by atoms with Gasteiger partial charge in [0.2, 0.25) is 5.91 Å². The SMILES string of the molecule is O=C(O)CCCOc1ccc(CNC(=O)Cc2coc3cc4c(cc23)CCC4)cc1. The van der Waals surface area contributed by atoms with E-state index < -0.39 is 5.97 Å². The van der Waals surface area contributed by atoms with Gasteiger partial charge in [0, 0.05) is 23.9 Å². The molecule has 1 aliphatic carbocycles. The van der Waals surface area contributed by atoms with Gasteiger partial charge >= 0.3 is 5.97 Å². The van der Waals surface area contributed by atoms with E-state index >= 15 is 0 Å². The molecule has 156 valence electrons. The van der Waals surface area contributed by atoms with Crippen LogP contribution >= 0.6 is 0 Å². The van der Waals surface area contributed by atoms with Crippen LogP contribution in [0.25, 0.3) is 11.0 Å². The number of fused-ring (bicyclic) bond motifs is 2. The molecule has 1 aliphatic rings. The standard InChI is InChI=1S/C24H25NO5/c26-23(13-19-15-30-22-12-18-4-1-3-17(18)11-21(19)22)25-14-16-6-8-20(9-7-16)29-10-2-5-24(27)28/h6-9,11-12,15H,1-5,10,13-14H2,(H,25,26)(H,27,28). The summed E-state index contributed by atoms with van der Waals surface area (Å²) >= 11 is 0. The number of hydrogen-bond acceptors (Lipinski definition) is 4. The average Bonchev–Trinajstić information content (AvgIpc) is 3.35. The minimum Gasteiger partial charge on any atom is -0.494 e. The number of carboxylic acid groups (broad SMARTS) is 1. The van der Waals surface area contributed by atoms with Crippen LogP contribution in [0.15, 0.2) is 47.1 Å². The molecule has 30 heavy (non-hydrogen) atoms. The fourth-order valence-electron chi connectivity index (χ4n) is 3.84. The van der Waals surface area contributed by atoms with Crippen molar-refractivity contribution < 1.29 is 23.8 Å². The molecule has 2 N–H and O–H groups in total. The molecular weight excluding hydrogens is 382 g/mol. The van der Waals surface area contributed by atoms with Gasteiger partial charge in [-0.15, -0.1) is 0 Å². The van der Waals surface area contributed by atoms with E-state index in [-0.39, 0.29) is 18.7 Å². The van der Waals surface area contributed by atoms with Crippen molar-refractivity contribution in [3.05, 3.63) is 64.9 Å². The third-order valence-corrected chi connectivity index (χ3v) is 5.44. The zero-order chi connectivity index (χ0) is 20.9. The second-order valence-corrected chi connectivity index (χ2v) is 7.67. The van der Waals surface area contributed by atoms with Gasteiger partial charge in [0.15, 0.2) is 0 Å². The predicted molar refractivity (Wildman–Crippen MR) is 113 cm³/mol. The Morgan fingerprint density at radius 3 is 2.63 bits per heavy atom. The first kappa shape index (κ1) is 20.0. The van der Waals surface area contributed by atoms with E-state index in [1.807, 2.05) is 24.3 Å². The third-order valence-electron chi connectivity index (χ3n) is 5.44. The van der Waals surface area contributed by atoms with Crippen molar-refractivity contribution in [3.63, 3.8) is 0 Å². The molecule has 6 heteroatoms. The van der Waals surface area contributed by atoms with E-state index in [4.69, 9.17) is 14.3 Å². The molecule has 0 bridgehead atoms. The molecule has 0 fully saturated rings. The van der Waals surface area contributed by atoms with Gasteiger partial charge in [0.05, 0.1) is 19.3 Å². The largest absolute Gasteiger partial charge is 0.494 e. The summed E-state index contributed by atoms with van der Waals surface area (Å²) in [6.07, 6.45) is 5.93. The van der Waals surface area contributed by atoms with E-state index in [0.717, 1.165) is 34.9 Å². The normalized spacial score (nSPS) is 12.7. The Balaban J connectivity index is 1.28. The zero-order valence-electron chi connectivity index (χ0n) is 16.8. The van der Waals surface area contributed by atoms with Gasteiger partial charge in [0.1, 0.15) is 11.3 Å². The molecule has 0 unspecified atom stereocenters. The predicted octanol–water partition coefficient (Wildman–Crippen LogP) is 4.02. The summed E-state index contributed by atoms with van der Waals surface area (Å²) in [5.41, 5.74) is 5.48. The van der Waals surface area contributed by atoms with Crippen LogP contribution in [-0.4, -0.2) is 23.6 Å². The molecule has 1 amide bonds. The first-order valence-corrected chi connectivity index (χ1v) is 10.3. The van der Waals surface area contributed by atoms with Crippen molar-refractivity contribution in [1.29, 1.82) is 0 Å². The van der Waals surface area contributed by atoms with Gasteiger partial charge in [-0.2, -0.15) is 0 Å². The number of carbonyl (C=O) groups is 2. The van der Waals surface area contributed by atoms with E-state index in [1.165, 1.54) is 17.5 Å². The number of rotatable bonds is 9. The van der Waals surface area contributed by atoms with Crippen molar-refractivity contribution in [1.82, 2.24) is 5.32 Å². The van der Waals surface area contributed by atoms with E-state index in [1.54, 1.807) is 6.26 Å². The molecule has 6 nitrogen and oxygen atoms in total. The topological polar surface area (TPSA) is 88.8 Å². The summed E-state index contributed by atoms with van der Waals surface area (Å²) in [4.78, 5) is 22.9. The molecule has 0 saturated heterocycles. The number of hydrogen-bond donors (Lipinski definition) is 2. The van der Waals surface area contributed by atoms with Crippen LogP contribution < -0.4 is 10.1 Å². The monoisotopic (exact) mass is 407 g/mol. The van der Waals surface area contributed by atoms with Gasteiger partial charge in [-0.25, -0.2) is 0 Å². The number of nitrogens with one attached hydrogen (secondary N) is 1. The summed E-state index contributed by atoms with van der Waals surface area (Å²) in [5.74, 6) is -0.183. The fourth-order valence-corrected chi connectivity index (χ4v) is 3.84. The summed E-state index contributed by atoms with van der Waals surface area (Å²) < 4.78 is 11.2. The molecular formula is C24H25NO5. The van der Waals surface area contributed by atoms with E-state index in [9.17, 15) is 9.59 Å². The van der Waals surface area contributed by atoms with Gasteiger partial charge < -0.3 is 19.6 Å². The van der Waals surface area contributed by atoms with Crippen molar-refractivity contribution in [2.45, 2.75) is 45.1 Å². The maximum Gasteiger partial charge on any atom is 0.303 e. The molecule has 1 aromatic heterocycles. The number of amides is 1. The van der Waals surface area contributed by atoms with Crippen molar-refractivity contribution >= 4 is 22.8 Å². The summed E-state index contributed by atoms with van der Waals surface area (Å²) in [5, 5.41) is 12.6. The molecule has 2 aromatic carbocycles. The summed E-state index contributed by atoms with van der Waals surface area (Å²) in [6, 6.07) is 11.7. The second kappa shape index (κ2) is 9.03. The van der Waals surface area contributed by atoms with Crippen molar-refractivity contribution in [2.24, 2.45) is 0 Å². The summed E-state index contributed by atoms with van der Waals surface area (Å²) in [6.45, 7) is 0.799. The zero-order valence-corrected chi connectivity index (χ0v) is 16.8. The third kappa shape index (κ3) is 4.82. The molecule has 3 aromatic rings. The number of ether oxygens (including phenoxy) is 1. The number of carbonyl (C=O) groups excluding carboxylic acids is 1. The number of aryl methyl sites for hydroxylation is 2. The lowest BCUT2D eigenvalue weighted by Gasteiger charge is -2.08. The molecule has 1 heterocycles. The van der Waals surface area contributed by atoms with Crippen LogP contribution in [0.2, 0.25) is 0 Å². The number of benzene rings is 2. The van der Waals surface area contributed by atoms with Gasteiger partial charge in [-0.1, -0.05) is 12.1 Å². The molecule has 0 aliphatic heterocycles. The Bertz CT molecular complexity index is 1050. The van der Waals surface area contributed by atoms with Crippen LogP contribution in [0.1, 0.15) is 41.5 Å². The average molecular weight is 407 g/mol. The van der Waals surface area contributed by atoms with Crippen molar-refractivity contribution in [2.75, 3.05) is 6.61 Å². The van der Waals surface area contributed by atoms with E-state index in [0.29, 0.717) is 25.3 Å². The summed E-state index contributed by atoms with van der Waals surface area (Å²) in [7, 11) is 0. The minimum atomic E-state index is -0.822. The Morgan fingerprint density at radius 2 is 1.87 bits per heavy atom. The van der Waals surface area contributed by atoms with Crippen LogP contribution in [0.3, 0.4) is 0 Å². The first-order valence-electron chi connectivity index (χ1n) is 10.3. The lowest BCUT2D eigenvalue weighted by molar-refractivity contribution is -0.137. The van der Waals surface area contributed by atoms with Crippen LogP contribution in [0, 0.1) is 0 Å². The van der Waals surface area contributed by atoms with Crippen molar-refractivity contribution in [3.8, 4) is 5.75 Å². The quantitative estimate of drug-likeness (QED) is 0.523. The molecule has 0 atom stereocenters. The van der Waals surface area contributed by atoms with Crippen LogP contribution in [0.4, 0.5) is 0 Å².